The van der Waals surface area contributed by atoms with Crippen molar-refractivity contribution in [2.45, 2.75) is 25.3 Å². The molecule has 1 aliphatic carbocycles. The number of carbonyl (C=O) groups is 1. The van der Waals surface area contributed by atoms with Crippen LogP contribution < -0.4 is 5.32 Å². The van der Waals surface area contributed by atoms with E-state index in [1.54, 1.807) is 0 Å². The zero-order valence-electron chi connectivity index (χ0n) is 4.50. The maximum Gasteiger partial charge on any atom is 0.426 e. The second-order valence-electron chi connectivity index (χ2n) is 2.00. The van der Waals surface area contributed by atoms with Crippen molar-refractivity contribution in [3.8, 4) is 0 Å². The van der Waals surface area contributed by atoms with Gasteiger partial charge in [-0.05, 0) is 19.3 Å². The lowest BCUT2D eigenvalue weighted by Crippen LogP contribution is -2.32. The van der Waals surface area contributed by atoms with Gasteiger partial charge in [0.25, 0.3) is 0 Å². The quantitative estimate of drug-likeness (QED) is 0.548. The van der Waals surface area contributed by atoms with Gasteiger partial charge in [0, 0.05) is 0 Å². The van der Waals surface area contributed by atoms with Crippen LogP contribution in [-0.4, -0.2) is 17.2 Å². The zero-order chi connectivity index (χ0) is 5.98. The molecule has 0 aromatic carbocycles. The molecule has 0 saturated heterocycles. The van der Waals surface area contributed by atoms with E-state index in [1.807, 2.05) is 0 Å². The van der Waals surface area contributed by atoms with Crippen molar-refractivity contribution in [1.29, 1.82) is 0 Å². The lowest BCUT2D eigenvalue weighted by atomic mass is 9.93. The first kappa shape index (κ1) is 5.41. The molecule has 45 valence electrons. The smallest absolute Gasteiger partial charge is 0.426 e. The summed E-state index contributed by atoms with van der Waals surface area (Å²) in [7, 11) is 0. The summed E-state index contributed by atoms with van der Waals surface area (Å²) in [6.07, 6.45) is 2.05. The average Bonchev–Trinajstić information content (AvgIpc) is 1.55. The molecule has 0 atom stereocenters. The third kappa shape index (κ3) is 1.12. The van der Waals surface area contributed by atoms with E-state index in [1.165, 1.54) is 0 Å². The Balaban J connectivity index is 2.09. The summed E-state index contributed by atoms with van der Waals surface area (Å²) in [6, 6.07) is 0.132. The zero-order valence-corrected chi connectivity index (χ0v) is 4.50. The predicted molar refractivity (Wildman–Crippen MR) is 27.8 cm³/mol. The maximum atomic E-state index is 9.84. The average molecular weight is 114 g/mol. The molecule has 1 rings (SSSR count). The molecule has 0 aromatic rings. The number of hydrogen-bond acceptors (Lipinski definition) is 1. The van der Waals surface area contributed by atoms with Gasteiger partial charge in [-0.2, -0.15) is 0 Å². The highest BCUT2D eigenvalue weighted by Gasteiger charge is 2.20. The predicted octanol–water partition coefficient (Wildman–Crippen LogP) is 0.821. The van der Waals surface area contributed by atoms with Gasteiger partial charge in [0.05, 0.1) is 6.04 Å². The van der Waals surface area contributed by atoms with Crippen molar-refractivity contribution in [2.24, 2.45) is 0 Å². The third-order valence-electron chi connectivity index (χ3n) is 1.37. The van der Waals surface area contributed by atoms with Gasteiger partial charge in [-0.3, -0.25) is 0 Å². The molecule has 0 spiro atoms. The Bertz CT molecular complexity index is 98.6. The molecular formula is C5H8NO2. The standard InChI is InChI=1S/C5H8NO2/c7-5(8)6-4-2-1-3-4/h4H,1-3H2,(H,7,8). The molecule has 8 heavy (non-hydrogen) atoms. The van der Waals surface area contributed by atoms with Crippen molar-refractivity contribution in [1.82, 2.24) is 5.32 Å². The van der Waals surface area contributed by atoms with E-state index in [4.69, 9.17) is 5.11 Å². The van der Waals surface area contributed by atoms with E-state index in [2.05, 4.69) is 5.32 Å². The van der Waals surface area contributed by atoms with E-state index in [-0.39, 0.29) is 6.04 Å². The summed E-state index contributed by atoms with van der Waals surface area (Å²) in [4.78, 5) is 9.84. The summed E-state index contributed by atoms with van der Waals surface area (Å²) >= 11 is 0. The van der Waals surface area contributed by atoms with Crippen LogP contribution in [0.2, 0.25) is 0 Å². The summed E-state index contributed by atoms with van der Waals surface area (Å²) in [5.74, 6) is 0. The Kier molecular flexibility index (Phi) is 1.37. The summed E-state index contributed by atoms with van der Waals surface area (Å²) < 4.78 is 0. The first-order valence-corrected chi connectivity index (χ1v) is 2.73. The van der Waals surface area contributed by atoms with Gasteiger partial charge in [-0.1, -0.05) is 0 Å². The largest absolute Gasteiger partial charge is 0.464 e. The molecule has 0 aliphatic heterocycles. The molecule has 1 N–H and O–H groups in total. The van der Waals surface area contributed by atoms with Gasteiger partial charge in [0.1, 0.15) is 0 Å². The Morgan fingerprint density at radius 1 is 1.62 bits per heavy atom. The Hall–Kier alpha value is -0.730. The maximum absolute atomic E-state index is 9.84. The van der Waals surface area contributed by atoms with Crippen molar-refractivity contribution in [3.63, 3.8) is 0 Å². The fourth-order valence-corrected chi connectivity index (χ4v) is 0.672. The second-order valence-corrected chi connectivity index (χ2v) is 2.00. The van der Waals surface area contributed by atoms with Crippen LogP contribution in [0.5, 0.6) is 0 Å². The topological polar surface area (TPSA) is 51.4 Å². The van der Waals surface area contributed by atoms with Gasteiger partial charge in [0.2, 0.25) is 0 Å². The van der Waals surface area contributed by atoms with Crippen LogP contribution in [0.15, 0.2) is 0 Å². The molecule has 0 heterocycles. The summed E-state index contributed by atoms with van der Waals surface area (Å²) in [5, 5.41) is 11.5. The minimum Gasteiger partial charge on any atom is -0.464 e. The molecule has 3 heteroatoms. The highest BCUT2D eigenvalue weighted by molar-refractivity contribution is 5.64. The van der Waals surface area contributed by atoms with Gasteiger partial charge >= 0.3 is 6.09 Å². The first-order valence-electron chi connectivity index (χ1n) is 2.73. The van der Waals surface area contributed by atoms with Crippen LogP contribution >= 0.6 is 0 Å². The van der Waals surface area contributed by atoms with Crippen LogP contribution in [0, 0.1) is 0 Å². The molecule has 1 radical (unpaired) electrons. The lowest BCUT2D eigenvalue weighted by Gasteiger charge is -2.21. The number of rotatable bonds is 1. The normalized spacial score (nSPS) is 19.5. The van der Waals surface area contributed by atoms with Crippen LogP contribution in [0.4, 0.5) is 4.79 Å². The van der Waals surface area contributed by atoms with Crippen LogP contribution in [-0.2, 0) is 0 Å². The number of hydrogen-bond donors (Lipinski definition) is 1. The van der Waals surface area contributed by atoms with Gasteiger partial charge in [0.15, 0.2) is 0 Å². The van der Waals surface area contributed by atoms with Crippen LogP contribution in [0.25, 0.3) is 0 Å². The molecule has 1 amide bonds. The highest BCUT2D eigenvalue weighted by atomic mass is 16.4. The van der Waals surface area contributed by atoms with E-state index >= 15 is 0 Å². The molecule has 0 aromatic heterocycles. The van der Waals surface area contributed by atoms with E-state index in [0.29, 0.717) is 0 Å². The van der Waals surface area contributed by atoms with Crippen LogP contribution in [0.3, 0.4) is 0 Å². The van der Waals surface area contributed by atoms with E-state index in [9.17, 15) is 4.79 Å². The Morgan fingerprint density at radius 3 is 2.38 bits per heavy atom. The monoisotopic (exact) mass is 114 g/mol. The van der Waals surface area contributed by atoms with Crippen molar-refractivity contribution >= 4 is 6.09 Å². The van der Waals surface area contributed by atoms with Crippen LogP contribution in [0.1, 0.15) is 19.3 Å². The number of carboxylic acid groups (broad SMARTS) is 1. The highest BCUT2D eigenvalue weighted by Crippen LogP contribution is 2.18. The molecule has 0 unspecified atom stereocenters. The number of nitrogens with zero attached hydrogens (tertiary/aromatic N) is 1. The lowest BCUT2D eigenvalue weighted by molar-refractivity contribution is 0.180. The number of amides is 1. The van der Waals surface area contributed by atoms with E-state index < -0.39 is 6.09 Å². The fourth-order valence-electron chi connectivity index (χ4n) is 0.672. The van der Waals surface area contributed by atoms with Crippen molar-refractivity contribution in [3.05, 3.63) is 0 Å². The SMILES string of the molecule is O=C(O)[N]C1CCC1. The van der Waals surface area contributed by atoms with Gasteiger partial charge in [-0.15, -0.1) is 0 Å². The first-order chi connectivity index (χ1) is 3.79. The molecule has 0 bridgehead atoms. The minimum absolute atomic E-state index is 0.132. The Labute approximate surface area is 47.7 Å². The second kappa shape index (κ2) is 2.03. The molecular weight excluding hydrogens is 106 g/mol. The van der Waals surface area contributed by atoms with E-state index in [0.717, 1.165) is 19.3 Å². The summed E-state index contributed by atoms with van der Waals surface area (Å²) in [6.45, 7) is 0. The van der Waals surface area contributed by atoms with Crippen molar-refractivity contribution in [2.75, 3.05) is 0 Å². The van der Waals surface area contributed by atoms with Gasteiger partial charge in [-0.25, -0.2) is 10.1 Å². The molecule has 1 saturated carbocycles. The Morgan fingerprint density at radius 2 is 2.25 bits per heavy atom. The molecule has 1 aliphatic rings. The third-order valence-corrected chi connectivity index (χ3v) is 1.37. The minimum atomic E-state index is -1.02. The van der Waals surface area contributed by atoms with Gasteiger partial charge < -0.3 is 5.11 Å². The molecule has 1 fully saturated rings. The summed E-state index contributed by atoms with van der Waals surface area (Å²) in [5.41, 5.74) is 0. The molecule has 3 nitrogen and oxygen atoms in total. The van der Waals surface area contributed by atoms with Crippen molar-refractivity contribution < 1.29 is 9.90 Å². The fraction of sp³-hybridized carbons (Fsp3) is 0.800.